The number of esters is 1. The highest BCUT2D eigenvalue weighted by molar-refractivity contribution is 5.76. The molecule has 15 heavy (non-hydrogen) atoms. The first-order valence-corrected chi connectivity index (χ1v) is 5.32. The molecule has 2 unspecified atom stereocenters. The van der Waals surface area contributed by atoms with Crippen LogP contribution >= 0.6 is 0 Å². The molecule has 0 N–H and O–H groups in total. The fourth-order valence-electron chi connectivity index (χ4n) is 2.18. The van der Waals surface area contributed by atoms with Gasteiger partial charge in [0, 0.05) is 19.2 Å². The number of rotatable bonds is 2. The summed E-state index contributed by atoms with van der Waals surface area (Å²) in [6, 6.07) is 0.0912. The molecular formula is C10H17NO4. The topological polar surface area (TPSA) is 48.0 Å². The van der Waals surface area contributed by atoms with Gasteiger partial charge in [0.15, 0.2) is 0 Å². The Morgan fingerprint density at radius 1 is 1.33 bits per heavy atom. The van der Waals surface area contributed by atoms with E-state index in [1.807, 2.05) is 0 Å². The summed E-state index contributed by atoms with van der Waals surface area (Å²) >= 11 is 0. The van der Waals surface area contributed by atoms with E-state index in [0.29, 0.717) is 25.9 Å². The molecule has 2 aliphatic heterocycles. The molecule has 0 aliphatic carbocycles. The maximum absolute atomic E-state index is 11.5. The van der Waals surface area contributed by atoms with Crippen LogP contribution in [0, 0.1) is 0 Å². The van der Waals surface area contributed by atoms with Crippen molar-refractivity contribution in [2.45, 2.75) is 18.5 Å². The van der Waals surface area contributed by atoms with Gasteiger partial charge in [0.1, 0.15) is 6.04 Å². The van der Waals surface area contributed by atoms with Gasteiger partial charge in [-0.3, -0.25) is 9.69 Å². The Morgan fingerprint density at radius 2 is 2.13 bits per heavy atom. The molecule has 5 nitrogen and oxygen atoms in total. The van der Waals surface area contributed by atoms with Crippen LogP contribution in [0.15, 0.2) is 0 Å². The van der Waals surface area contributed by atoms with E-state index in [1.165, 1.54) is 7.11 Å². The quantitative estimate of drug-likeness (QED) is 0.589. The molecule has 5 heteroatoms. The van der Waals surface area contributed by atoms with Gasteiger partial charge in [0.25, 0.3) is 0 Å². The largest absolute Gasteiger partial charge is 0.468 e. The van der Waals surface area contributed by atoms with Crippen LogP contribution < -0.4 is 0 Å². The van der Waals surface area contributed by atoms with Crippen molar-refractivity contribution in [1.82, 2.24) is 4.90 Å². The van der Waals surface area contributed by atoms with Crippen molar-refractivity contribution in [3.63, 3.8) is 0 Å². The van der Waals surface area contributed by atoms with Gasteiger partial charge in [-0.2, -0.15) is 0 Å². The minimum absolute atomic E-state index is 0.207. The Balaban J connectivity index is 2.01. The Bertz CT molecular complexity index is 227. The summed E-state index contributed by atoms with van der Waals surface area (Å²) in [7, 11) is 1.42. The third kappa shape index (κ3) is 2.30. The number of ether oxygens (including phenoxy) is 3. The molecule has 0 aromatic rings. The summed E-state index contributed by atoms with van der Waals surface area (Å²) in [4.78, 5) is 13.7. The SMILES string of the molecule is COC(=O)C1COCCN1C1CCOC1. The molecule has 2 fully saturated rings. The highest BCUT2D eigenvalue weighted by Gasteiger charge is 2.36. The van der Waals surface area contributed by atoms with E-state index in [4.69, 9.17) is 14.2 Å². The van der Waals surface area contributed by atoms with Crippen molar-refractivity contribution >= 4 is 5.97 Å². The van der Waals surface area contributed by atoms with Gasteiger partial charge >= 0.3 is 5.97 Å². The van der Waals surface area contributed by atoms with Gasteiger partial charge in [-0.25, -0.2) is 0 Å². The summed E-state index contributed by atoms with van der Waals surface area (Å²) in [6.45, 7) is 3.41. The fraction of sp³-hybridized carbons (Fsp3) is 0.900. The Labute approximate surface area is 89.3 Å². The molecule has 0 radical (unpaired) electrons. The average Bonchev–Trinajstić information content (AvgIpc) is 2.81. The standard InChI is InChI=1S/C10H17NO4/c1-13-10(12)9-7-15-5-3-11(9)8-2-4-14-6-8/h8-9H,2-7H2,1H3. The number of morpholine rings is 1. The van der Waals surface area contributed by atoms with Crippen molar-refractivity contribution in [1.29, 1.82) is 0 Å². The third-order valence-electron chi connectivity index (χ3n) is 3.02. The van der Waals surface area contributed by atoms with Gasteiger partial charge in [0.2, 0.25) is 0 Å². The van der Waals surface area contributed by atoms with Crippen molar-refractivity contribution in [3.8, 4) is 0 Å². The molecule has 2 atom stereocenters. The van der Waals surface area contributed by atoms with E-state index < -0.39 is 0 Å². The molecule has 86 valence electrons. The molecule has 0 spiro atoms. The highest BCUT2D eigenvalue weighted by Crippen LogP contribution is 2.18. The average molecular weight is 215 g/mol. The number of carbonyl (C=O) groups is 1. The van der Waals surface area contributed by atoms with Crippen LogP contribution in [0.25, 0.3) is 0 Å². The van der Waals surface area contributed by atoms with Gasteiger partial charge in [0.05, 0.1) is 26.9 Å². The van der Waals surface area contributed by atoms with Crippen molar-refractivity contribution in [2.75, 3.05) is 40.1 Å². The zero-order valence-electron chi connectivity index (χ0n) is 8.98. The van der Waals surface area contributed by atoms with Crippen LogP contribution in [0.5, 0.6) is 0 Å². The van der Waals surface area contributed by atoms with Gasteiger partial charge in [-0.1, -0.05) is 0 Å². The lowest BCUT2D eigenvalue weighted by atomic mass is 10.1. The van der Waals surface area contributed by atoms with Crippen LogP contribution in [0.4, 0.5) is 0 Å². The normalized spacial score (nSPS) is 32.9. The summed E-state index contributed by atoms with van der Waals surface area (Å²) in [5.74, 6) is -0.207. The number of nitrogens with zero attached hydrogens (tertiary/aromatic N) is 1. The lowest BCUT2D eigenvalue weighted by molar-refractivity contribution is -0.155. The number of hydrogen-bond donors (Lipinski definition) is 0. The first-order valence-electron chi connectivity index (χ1n) is 5.32. The molecule has 0 amide bonds. The van der Waals surface area contributed by atoms with Crippen LogP contribution in [0.1, 0.15) is 6.42 Å². The van der Waals surface area contributed by atoms with E-state index in [1.54, 1.807) is 0 Å². The van der Waals surface area contributed by atoms with Crippen LogP contribution in [0.2, 0.25) is 0 Å². The second-order valence-corrected chi connectivity index (χ2v) is 3.87. The number of hydrogen-bond acceptors (Lipinski definition) is 5. The predicted octanol–water partition coefficient (Wildman–Crippen LogP) is -0.351. The molecule has 2 rings (SSSR count). The molecule has 2 saturated heterocycles. The molecule has 0 aromatic carbocycles. The van der Waals surface area contributed by atoms with Crippen LogP contribution in [0.3, 0.4) is 0 Å². The Hall–Kier alpha value is -0.650. The van der Waals surface area contributed by atoms with Crippen LogP contribution in [-0.2, 0) is 19.0 Å². The summed E-state index contributed by atoms with van der Waals surface area (Å²) in [5.41, 5.74) is 0. The minimum Gasteiger partial charge on any atom is -0.468 e. The van der Waals surface area contributed by atoms with Crippen molar-refractivity contribution in [3.05, 3.63) is 0 Å². The molecule has 2 aliphatic rings. The van der Waals surface area contributed by atoms with Gasteiger partial charge < -0.3 is 14.2 Å². The Morgan fingerprint density at radius 3 is 2.80 bits per heavy atom. The van der Waals surface area contributed by atoms with E-state index in [-0.39, 0.29) is 12.0 Å². The molecular weight excluding hydrogens is 198 g/mol. The predicted molar refractivity (Wildman–Crippen MR) is 52.6 cm³/mol. The third-order valence-corrected chi connectivity index (χ3v) is 3.02. The van der Waals surface area contributed by atoms with Crippen molar-refractivity contribution in [2.24, 2.45) is 0 Å². The zero-order chi connectivity index (χ0) is 10.7. The molecule has 0 saturated carbocycles. The second-order valence-electron chi connectivity index (χ2n) is 3.87. The highest BCUT2D eigenvalue weighted by atomic mass is 16.5. The maximum atomic E-state index is 11.5. The molecule has 0 bridgehead atoms. The van der Waals surface area contributed by atoms with Crippen molar-refractivity contribution < 1.29 is 19.0 Å². The van der Waals surface area contributed by atoms with E-state index >= 15 is 0 Å². The van der Waals surface area contributed by atoms with E-state index in [9.17, 15) is 4.79 Å². The first-order chi connectivity index (χ1) is 7.33. The Kier molecular flexibility index (Phi) is 3.56. The van der Waals surface area contributed by atoms with E-state index in [2.05, 4.69) is 4.90 Å². The fourth-order valence-corrected chi connectivity index (χ4v) is 2.18. The summed E-state index contributed by atoms with van der Waals surface area (Å²) in [5, 5.41) is 0. The van der Waals surface area contributed by atoms with Gasteiger partial charge in [-0.05, 0) is 6.42 Å². The molecule has 0 aromatic heterocycles. The first kappa shape index (κ1) is 10.9. The van der Waals surface area contributed by atoms with Gasteiger partial charge in [-0.15, -0.1) is 0 Å². The lowest BCUT2D eigenvalue weighted by Crippen LogP contribution is -2.54. The van der Waals surface area contributed by atoms with E-state index in [0.717, 1.165) is 19.6 Å². The maximum Gasteiger partial charge on any atom is 0.325 e. The lowest BCUT2D eigenvalue weighted by Gasteiger charge is -2.37. The zero-order valence-corrected chi connectivity index (χ0v) is 8.98. The summed E-state index contributed by atoms with van der Waals surface area (Å²) < 4.78 is 15.4. The smallest absolute Gasteiger partial charge is 0.325 e. The summed E-state index contributed by atoms with van der Waals surface area (Å²) in [6.07, 6.45) is 0.994. The molecule has 2 heterocycles. The number of carbonyl (C=O) groups excluding carboxylic acids is 1. The monoisotopic (exact) mass is 215 g/mol. The number of methoxy groups -OCH3 is 1. The minimum atomic E-state index is -0.254. The second kappa shape index (κ2) is 4.92. The van der Waals surface area contributed by atoms with Crippen LogP contribution in [-0.4, -0.2) is 63.0 Å².